The van der Waals surface area contributed by atoms with Gasteiger partial charge in [-0.25, -0.2) is 4.79 Å². The Morgan fingerprint density at radius 3 is 2.78 bits per heavy atom. The zero-order valence-corrected chi connectivity index (χ0v) is 15.0. The number of carbonyl (C=O) groups is 1. The minimum absolute atomic E-state index is 0.00853. The molecule has 0 aliphatic carbocycles. The van der Waals surface area contributed by atoms with E-state index in [1.165, 1.54) is 40.2 Å². The third-order valence-electron chi connectivity index (χ3n) is 4.01. The van der Waals surface area contributed by atoms with Crippen molar-refractivity contribution in [1.29, 1.82) is 0 Å². The van der Waals surface area contributed by atoms with Crippen LogP contribution in [0.25, 0.3) is 21.5 Å². The van der Waals surface area contributed by atoms with Gasteiger partial charge < -0.3 is 14.2 Å². The minimum Gasteiger partial charge on any atom is -0.477 e. The van der Waals surface area contributed by atoms with E-state index in [2.05, 4.69) is 5.16 Å². The standard InChI is InChI=1S/C17H10ClN3O5S/c18-16-4-3-15(27-16)14-7-10(19-26-14)8-20-12-2-1-11(21(24)25)5-9(12)6-13(20)17(22)23/h1-7H,8H2,(H,22,23). The third-order valence-corrected chi connectivity index (χ3v) is 5.26. The van der Waals surface area contributed by atoms with Gasteiger partial charge in [0, 0.05) is 29.1 Å². The largest absolute Gasteiger partial charge is 0.477 e. The molecule has 0 aliphatic rings. The second-order valence-electron chi connectivity index (χ2n) is 5.71. The number of non-ortho nitro benzene ring substituents is 1. The van der Waals surface area contributed by atoms with E-state index in [0.717, 1.165) is 4.88 Å². The molecule has 3 heterocycles. The summed E-state index contributed by atoms with van der Waals surface area (Å²) in [6.07, 6.45) is 0. The summed E-state index contributed by atoms with van der Waals surface area (Å²) in [5.41, 5.74) is 0.985. The molecule has 27 heavy (non-hydrogen) atoms. The van der Waals surface area contributed by atoms with Gasteiger partial charge in [-0.3, -0.25) is 10.1 Å². The third kappa shape index (κ3) is 3.18. The number of carboxylic acid groups (broad SMARTS) is 1. The molecule has 1 N–H and O–H groups in total. The first-order chi connectivity index (χ1) is 12.9. The number of nitro benzene ring substituents is 1. The van der Waals surface area contributed by atoms with Crippen LogP contribution in [0.3, 0.4) is 0 Å². The zero-order chi connectivity index (χ0) is 19.1. The molecule has 10 heteroatoms. The fraction of sp³-hybridized carbons (Fsp3) is 0.0588. The summed E-state index contributed by atoms with van der Waals surface area (Å²) in [6, 6.07) is 10.9. The Morgan fingerprint density at radius 1 is 1.30 bits per heavy atom. The monoisotopic (exact) mass is 403 g/mol. The number of benzene rings is 1. The number of hydrogen-bond donors (Lipinski definition) is 1. The fourth-order valence-electron chi connectivity index (χ4n) is 2.83. The van der Waals surface area contributed by atoms with E-state index in [1.54, 1.807) is 12.1 Å². The molecule has 0 bridgehead atoms. The normalized spacial score (nSPS) is 11.1. The van der Waals surface area contributed by atoms with Crippen LogP contribution in [0.1, 0.15) is 16.2 Å². The molecule has 0 unspecified atom stereocenters. The number of carboxylic acids is 1. The predicted molar refractivity (Wildman–Crippen MR) is 99.5 cm³/mol. The lowest BCUT2D eigenvalue weighted by atomic mass is 10.2. The minimum atomic E-state index is -1.14. The lowest BCUT2D eigenvalue weighted by molar-refractivity contribution is -0.384. The highest BCUT2D eigenvalue weighted by Gasteiger charge is 2.19. The quantitative estimate of drug-likeness (QED) is 0.383. The van der Waals surface area contributed by atoms with Crippen molar-refractivity contribution < 1.29 is 19.3 Å². The molecule has 136 valence electrons. The lowest BCUT2D eigenvalue weighted by Crippen LogP contribution is -2.09. The van der Waals surface area contributed by atoms with Gasteiger partial charge >= 0.3 is 5.97 Å². The van der Waals surface area contributed by atoms with E-state index in [1.807, 2.05) is 6.07 Å². The summed E-state index contributed by atoms with van der Waals surface area (Å²) in [5.74, 6) is -0.603. The summed E-state index contributed by atoms with van der Waals surface area (Å²) >= 11 is 7.27. The predicted octanol–water partition coefficient (Wildman–Crippen LogP) is 4.67. The van der Waals surface area contributed by atoms with Crippen LogP contribution in [0.2, 0.25) is 4.34 Å². The average Bonchev–Trinajstić information content (AvgIpc) is 3.33. The van der Waals surface area contributed by atoms with E-state index >= 15 is 0 Å². The average molecular weight is 404 g/mol. The number of thiophene rings is 1. The highest BCUT2D eigenvalue weighted by atomic mass is 35.5. The smallest absolute Gasteiger partial charge is 0.352 e. The summed E-state index contributed by atoms with van der Waals surface area (Å²) in [5, 5.41) is 24.9. The fourth-order valence-corrected chi connectivity index (χ4v) is 3.82. The molecular weight excluding hydrogens is 394 g/mol. The lowest BCUT2D eigenvalue weighted by Gasteiger charge is -2.05. The molecule has 3 aromatic heterocycles. The second kappa shape index (κ2) is 6.53. The van der Waals surface area contributed by atoms with Gasteiger partial charge in [0.25, 0.3) is 5.69 Å². The molecule has 4 rings (SSSR count). The molecule has 0 aliphatic heterocycles. The van der Waals surface area contributed by atoms with Crippen molar-refractivity contribution >= 4 is 45.5 Å². The van der Waals surface area contributed by atoms with Crippen molar-refractivity contribution in [2.75, 3.05) is 0 Å². The van der Waals surface area contributed by atoms with Crippen molar-refractivity contribution in [2.24, 2.45) is 0 Å². The van der Waals surface area contributed by atoms with Gasteiger partial charge in [0.1, 0.15) is 11.4 Å². The van der Waals surface area contributed by atoms with Crippen LogP contribution in [0.15, 0.2) is 47.0 Å². The van der Waals surface area contributed by atoms with Gasteiger partial charge in [-0.2, -0.15) is 0 Å². The molecule has 0 saturated carbocycles. The number of fused-ring (bicyclic) bond motifs is 1. The maximum atomic E-state index is 11.6. The van der Waals surface area contributed by atoms with E-state index in [0.29, 0.717) is 26.7 Å². The topological polar surface area (TPSA) is 111 Å². The molecular formula is C17H10ClN3O5S. The molecule has 0 spiro atoms. The number of nitro groups is 1. The Balaban J connectivity index is 1.74. The molecule has 4 aromatic rings. The zero-order valence-electron chi connectivity index (χ0n) is 13.5. The molecule has 0 saturated heterocycles. The first-order valence-electron chi connectivity index (χ1n) is 7.64. The molecule has 0 amide bonds. The highest BCUT2D eigenvalue weighted by molar-refractivity contribution is 7.19. The highest BCUT2D eigenvalue weighted by Crippen LogP contribution is 2.32. The van der Waals surface area contributed by atoms with Crippen molar-refractivity contribution in [2.45, 2.75) is 6.54 Å². The van der Waals surface area contributed by atoms with Gasteiger partial charge in [0.15, 0.2) is 5.76 Å². The summed E-state index contributed by atoms with van der Waals surface area (Å²) in [4.78, 5) is 22.9. The first kappa shape index (κ1) is 17.3. The Hall–Kier alpha value is -3.17. The molecule has 1 aromatic carbocycles. The maximum absolute atomic E-state index is 11.6. The van der Waals surface area contributed by atoms with E-state index in [-0.39, 0.29) is 17.9 Å². The number of halogens is 1. The summed E-state index contributed by atoms with van der Waals surface area (Å²) in [6.45, 7) is 0.144. The van der Waals surface area contributed by atoms with Crippen molar-refractivity contribution in [3.63, 3.8) is 0 Å². The number of aromatic carboxylic acids is 1. The van der Waals surface area contributed by atoms with Gasteiger partial charge in [0.2, 0.25) is 0 Å². The SMILES string of the molecule is O=C(O)c1cc2cc([N+](=O)[O-])ccc2n1Cc1cc(-c2ccc(Cl)s2)on1. The van der Waals surface area contributed by atoms with Crippen LogP contribution in [-0.2, 0) is 6.54 Å². The maximum Gasteiger partial charge on any atom is 0.352 e. The van der Waals surface area contributed by atoms with E-state index in [9.17, 15) is 20.0 Å². The van der Waals surface area contributed by atoms with Gasteiger partial charge in [-0.1, -0.05) is 16.8 Å². The van der Waals surface area contributed by atoms with E-state index in [4.69, 9.17) is 16.1 Å². The van der Waals surface area contributed by atoms with E-state index < -0.39 is 10.9 Å². The van der Waals surface area contributed by atoms with Crippen molar-refractivity contribution in [3.8, 4) is 10.6 Å². The molecule has 0 atom stereocenters. The van der Waals surface area contributed by atoms with Crippen LogP contribution in [0, 0.1) is 10.1 Å². The molecule has 0 radical (unpaired) electrons. The summed E-state index contributed by atoms with van der Waals surface area (Å²) < 4.78 is 7.48. The number of nitrogens with zero attached hydrogens (tertiary/aromatic N) is 3. The summed E-state index contributed by atoms with van der Waals surface area (Å²) in [7, 11) is 0. The van der Waals surface area contributed by atoms with Crippen LogP contribution in [0.4, 0.5) is 5.69 Å². The second-order valence-corrected chi connectivity index (χ2v) is 7.42. The Kier molecular flexibility index (Phi) is 4.17. The Labute approximate surface area is 160 Å². The van der Waals surface area contributed by atoms with Gasteiger partial charge in [-0.15, -0.1) is 11.3 Å². The van der Waals surface area contributed by atoms with Crippen molar-refractivity contribution in [3.05, 3.63) is 68.3 Å². The van der Waals surface area contributed by atoms with Crippen LogP contribution >= 0.6 is 22.9 Å². The Morgan fingerprint density at radius 2 is 2.11 bits per heavy atom. The molecule has 0 fully saturated rings. The number of hydrogen-bond acceptors (Lipinski definition) is 6. The van der Waals surface area contributed by atoms with Crippen molar-refractivity contribution in [1.82, 2.24) is 9.72 Å². The van der Waals surface area contributed by atoms with Crippen LogP contribution in [-0.4, -0.2) is 25.7 Å². The van der Waals surface area contributed by atoms with Crippen LogP contribution in [0.5, 0.6) is 0 Å². The number of rotatable bonds is 5. The Bertz CT molecular complexity index is 1190. The van der Waals surface area contributed by atoms with Crippen LogP contribution < -0.4 is 0 Å². The molecule has 8 nitrogen and oxygen atoms in total. The van der Waals surface area contributed by atoms with Gasteiger partial charge in [0.05, 0.1) is 20.7 Å². The first-order valence-corrected chi connectivity index (χ1v) is 8.84. The number of aromatic nitrogens is 2. The van der Waals surface area contributed by atoms with Gasteiger partial charge in [-0.05, 0) is 24.3 Å².